The summed E-state index contributed by atoms with van der Waals surface area (Å²) in [5.41, 5.74) is -1.60. The van der Waals surface area contributed by atoms with E-state index < -0.39 is 23.4 Å². The van der Waals surface area contributed by atoms with E-state index in [2.05, 4.69) is 21.8 Å². The van der Waals surface area contributed by atoms with Crippen molar-refractivity contribution in [2.75, 3.05) is 18.6 Å². The molecule has 1 aromatic rings. The second-order valence-corrected chi connectivity index (χ2v) is 7.27. The number of aromatic nitrogens is 2. The number of imide groups is 1. The molecule has 0 fully saturated rings. The summed E-state index contributed by atoms with van der Waals surface area (Å²) in [6, 6.07) is 1.40. The summed E-state index contributed by atoms with van der Waals surface area (Å²) < 4.78 is 15.4. The molecular weight excluding hydrogens is 338 g/mol. The second-order valence-electron chi connectivity index (χ2n) is 7.27. The summed E-state index contributed by atoms with van der Waals surface area (Å²) in [4.78, 5) is 33.9. The fraction of sp³-hybridized carbons (Fsp3) is 0.556. The van der Waals surface area contributed by atoms with E-state index >= 15 is 0 Å². The van der Waals surface area contributed by atoms with Crippen LogP contribution in [0.4, 0.5) is 15.4 Å². The molecule has 1 heterocycles. The zero-order chi connectivity index (χ0) is 20.0. The summed E-state index contributed by atoms with van der Waals surface area (Å²) in [6.45, 7) is 10.4. The maximum Gasteiger partial charge on any atom is 0.425 e. The average molecular weight is 363 g/mol. The molecule has 0 aliphatic carbocycles. The van der Waals surface area contributed by atoms with Gasteiger partial charge in [0.05, 0.1) is 0 Å². The van der Waals surface area contributed by atoms with Gasteiger partial charge >= 0.3 is 12.2 Å². The molecule has 0 bridgehead atoms. The minimum absolute atomic E-state index is 0.00483. The monoisotopic (exact) mass is 363 g/mol. The van der Waals surface area contributed by atoms with E-state index in [0.29, 0.717) is 0 Å². The minimum atomic E-state index is -0.902. The first-order valence-electron chi connectivity index (χ1n) is 8.00. The van der Waals surface area contributed by atoms with Crippen LogP contribution >= 0.6 is 0 Å². The third-order valence-electron chi connectivity index (χ3n) is 2.44. The number of hydrogen-bond acceptors (Lipinski definition) is 7. The Bertz CT molecular complexity index is 680. The highest BCUT2D eigenvalue weighted by Gasteiger charge is 2.33. The highest BCUT2D eigenvalue weighted by molar-refractivity contribution is 6.08. The van der Waals surface area contributed by atoms with Gasteiger partial charge in [0, 0.05) is 19.4 Å². The summed E-state index contributed by atoms with van der Waals surface area (Å²) >= 11 is 0. The molecule has 1 rings (SSSR count). The van der Waals surface area contributed by atoms with Gasteiger partial charge in [0.25, 0.3) is 0 Å². The first-order chi connectivity index (χ1) is 11.9. The molecule has 0 aromatic carbocycles. The van der Waals surface area contributed by atoms with Gasteiger partial charge in [0.15, 0.2) is 5.82 Å². The molecule has 0 spiro atoms. The van der Waals surface area contributed by atoms with Crippen LogP contribution < -0.4 is 4.90 Å². The Morgan fingerprint density at radius 1 is 1.08 bits per heavy atom. The fourth-order valence-corrected chi connectivity index (χ4v) is 1.60. The minimum Gasteiger partial charge on any atom is -0.443 e. The van der Waals surface area contributed by atoms with Crippen LogP contribution in [0.15, 0.2) is 12.3 Å². The summed E-state index contributed by atoms with van der Waals surface area (Å²) in [5.74, 6) is 5.53. The van der Waals surface area contributed by atoms with Crippen LogP contribution in [-0.2, 0) is 14.2 Å². The average Bonchev–Trinajstić information content (AvgIpc) is 2.44. The van der Waals surface area contributed by atoms with Crippen molar-refractivity contribution in [3.63, 3.8) is 0 Å². The van der Waals surface area contributed by atoms with Crippen molar-refractivity contribution >= 4 is 18.0 Å². The lowest BCUT2D eigenvalue weighted by Gasteiger charge is -2.27. The van der Waals surface area contributed by atoms with Gasteiger partial charge in [-0.25, -0.2) is 19.6 Å². The Balaban J connectivity index is 3.24. The van der Waals surface area contributed by atoms with Crippen molar-refractivity contribution in [2.45, 2.75) is 52.7 Å². The van der Waals surface area contributed by atoms with Gasteiger partial charge in [0.2, 0.25) is 5.82 Å². The van der Waals surface area contributed by atoms with Crippen molar-refractivity contribution in [1.82, 2.24) is 9.97 Å². The molecule has 0 saturated carbocycles. The maximum absolute atomic E-state index is 12.5. The lowest BCUT2D eigenvalue weighted by Crippen LogP contribution is -2.44. The Labute approximate surface area is 153 Å². The maximum atomic E-state index is 12.5. The summed E-state index contributed by atoms with van der Waals surface area (Å²) in [5, 5.41) is 0. The van der Waals surface area contributed by atoms with Gasteiger partial charge in [-0.3, -0.25) is 0 Å². The van der Waals surface area contributed by atoms with Gasteiger partial charge in [-0.15, -0.1) is 0 Å². The SMILES string of the molecule is COCC#Cc1nccc(N(C(=O)OC(C)(C)C)C(=O)OC(C)(C)C)n1. The van der Waals surface area contributed by atoms with Gasteiger partial charge in [-0.05, 0) is 47.5 Å². The van der Waals surface area contributed by atoms with E-state index in [4.69, 9.17) is 14.2 Å². The van der Waals surface area contributed by atoms with Crippen molar-refractivity contribution in [1.29, 1.82) is 0 Å². The van der Waals surface area contributed by atoms with E-state index in [1.807, 2.05) is 0 Å². The Morgan fingerprint density at radius 3 is 2.08 bits per heavy atom. The Hall–Kier alpha value is -2.66. The summed E-state index contributed by atoms with van der Waals surface area (Å²) in [7, 11) is 1.51. The molecule has 0 aliphatic heterocycles. The Kier molecular flexibility index (Phi) is 7.10. The van der Waals surface area contributed by atoms with Crippen LogP contribution in [0.3, 0.4) is 0 Å². The first-order valence-corrected chi connectivity index (χ1v) is 8.00. The standard InChI is InChI=1S/C18H25N3O5/c1-17(2,3)25-15(22)21(16(23)26-18(4,5)6)14-10-11-19-13(20-14)9-8-12-24-7/h10-11H,12H2,1-7H3. The van der Waals surface area contributed by atoms with Gasteiger partial charge in [-0.1, -0.05) is 5.92 Å². The predicted octanol–water partition coefficient (Wildman–Crippen LogP) is 3.15. The molecule has 8 nitrogen and oxygen atoms in total. The molecule has 26 heavy (non-hydrogen) atoms. The molecule has 1 aromatic heterocycles. The van der Waals surface area contributed by atoms with Crippen LogP contribution in [0.5, 0.6) is 0 Å². The number of ether oxygens (including phenoxy) is 3. The van der Waals surface area contributed by atoms with Crippen LogP contribution in [-0.4, -0.2) is 47.1 Å². The number of carbonyl (C=O) groups excluding carboxylic acids is 2. The zero-order valence-electron chi connectivity index (χ0n) is 16.2. The molecule has 0 unspecified atom stereocenters. The van der Waals surface area contributed by atoms with Gasteiger partial charge in [-0.2, -0.15) is 4.90 Å². The quantitative estimate of drug-likeness (QED) is 0.745. The van der Waals surface area contributed by atoms with Crippen molar-refractivity contribution in [3.05, 3.63) is 18.1 Å². The number of carbonyl (C=O) groups is 2. The number of methoxy groups -OCH3 is 1. The molecule has 2 amide bonds. The molecule has 0 aliphatic rings. The zero-order valence-corrected chi connectivity index (χ0v) is 16.2. The molecule has 0 radical (unpaired) electrons. The fourth-order valence-electron chi connectivity index (χ4n) is 1.60. The van der Waals surface area contributed by atoms with Crippen molar-refractivity contribution in [3.8, 4) is 11.8 Å². The van der Waals surface area contributed by atoms with Crippen molar-refractivity contribution in [2.24, 2.45) is 0 Å². The van der Waals surface area contributed by atoms with E-state index in [1.54, 1.807) is 41.5 Å². The molecule has 8 heteroatoms. The lowest BCUT2D eigenvalue weighted by molar-refractivity contribution is 0.0429. The molecule has 0 N–H and O–H groups in total. The molecule has 0 saturated heterocycles. The van der Waals surface area contributed by atoms with E-state index in [0.717, 1.165) is 4.90 Å². The first kappa shape index (κ1) is 21.4. The van der Waals surface area contributed by atoms with Gasteiger partial charge < -0.3 is 14.2 Å². The predicted molar refractivity (Wildman–Crippen MR) is 95.7 cm³/mol. The normalized spacial score (nSPS) is 11.2. The van der Waals surface area contributed by atoms with E-state index in [1.165, 1.54) is 19.4 Å². The molecular formula is C18H25N3O5. The summed E-state index contributed by atoms with van der Waals surface area (Å²) in [6.07, 6.45) is -0.413. The van der Waals surface area contributed by atoms with Gasteiger partial charge in [0.1, 0.15) is 17.8 Å². The largest absolute Gasteiger partial charge is 0.443 e. The van der Waals surface area contributed by atoms with Crippen LogP contribution in [0.2, 0.25) is 0 Å². The smallest absolute Gasteiger partial charge is 0.425 e. The number of amides is 2. The Morgan fingerprint density at radius 2 is 1.62 bits per heavy atom. The third kappa shape index (κ3) is 7.49. The van der Waals surface area contributed by atoms with Crippen LogP contribution in [0, 0.1) is 11.8 Å². The van der Waals surface area contributed by atoms with Crippen molar-refractivity contribution < 1.29 is 23.8 Å². The number of rotatable bonds is 2. The molecule has 142 valence electrons. The van der Waals surface area contributed by atoms with Crippen LogP contribution in [0.25, 0.3) is 0 Å². The third-order valence-corrected chi connectivity index (χ3v) is 2.44. The highest BCUT2D eigenvalue weighted by Crippen LogP contribution is 2.19. The number of anilines is 1. The number of hydrogen-bond donors (Lipinski definition) is 0. The van der Waals surface area contributed by atoms with E-state index in [9.17, 15) is 9.59 Å². The lowest BCUT2D eigenvalue weighted by atomic mass is 10.2. The van der Waals surface area contributed by atoms with E-state index in [-0.39, 0.29) is 18.2 Å². The number of nitrogens with zero attached hydrogens (tertiary/aromatic N) is 3. The molecule has 0 atom stereocenters. The highest BCUT2D eigenvalue weighted by atomic mass is 16.6. The van der Waals surface area contributed by atoms with Crippen LogP contribution in [0.1, 0.15) is 47.4 Å². The topological polar surface area (TPSA) is 90.8 Å². The second kappa shape index (κ2) is 8.63.